The first kappa shape index (κ1) is 14.0. The van der Waals surface area contributed by atoms with Crippen molar-refractivity contribution in [3.8, 4) is 5.75 Å². The molecule has 0 aliphatic heterocycles. The second-order valence-electron chi connectivity index (χ2n) is 4.36. The Hall–Kier alpha value is -3.00. The Kier molecular flexibility index (Phi) is 3.92. The summed E-state index contributed by atoms with van der Waals surface area (Å²) < 4.78 is 8.23. The van der Waals surface area contributed by atoms with Crippen LogP contribution in [0.4, 0.5) is 10.5 Å². The number of urea groups is 1. The lowest BCUT2D eigenvalue weighted by Crippen LogP contribution is -2.24. The number of amides is 2. The number of carbonyl (C=O) groups excluding carboxylic acids is 1. The van der Waals surface area contributed by atoms with Gasteiger partial charge in [-0.15, -0.1) is 0 Å². The molecular weight excluding hydrogens is 302 g/mol. The van der Waals surface area contributed by atoms with E-state index in [1.807, 2.05) is 6.07 Å². The third-order valence-electron chi connectivity index (χ3n) is 2.78. The summed E-state index contributed by atoms with van der Waals surface area (Å²) in [7, 11) is 0. The van der Waals surface area contributed by atoms with E-state index in [1.54, 1.807) is 30.3 Å². The number of nitrogens with one attached hydrogen (secondary N) is 2. The second kappa shape index (κ2) is 6.19. The number of aromatic nitrogens is 2. The van der Waals surface area contributed by atoms with Crippen LogP contribution in [0, 0.1) is 0 Å². The summed E-state index contributed by atoms with van der Waals surface area (Å²) >= 11 is 1.09. The highest BCUT2D eigenvalue weighted by Gasteiger charge is 2.07. The molecule has 0 fully saturated rings. The normalized spacial score (nSPS) is 10.9. The topological polar surface area (TPSA) is 99.5 Å². The van der Waals surface area contributed by atoms with Crippen LogP contribution >= 0.6 is 11.7 Å². The molecule has 0 aliphatic rings. The largest absolute Gasteiger partial charge is 0.508 e. The van der Waals surface area contributed by atoms with E-state index in [4.69, 9.17) is 0 Å². The molecule has 8 heteroatoms. The molecule has 0 bridgehead atoms. The maximum Gasteiger partial charge on any atom is 0.339 e. The third kappa shape index (κ3) is 3.18. The number of hydrogen-bond acceptors (Lipinski definition) is 6. The molecule has 0 radical (unpaired) electrons. The number of hydrogen-bond donors (Lipinski definition) is 3. The van der Waals surface area contributed by atoms with Gasteiger partial charge in [0.15, 0.2) is 0 Å². The lowest BCUT2D eigenvalue weighted by atomic mass is 10.2. The zero-order chi connectivity index (χ0) is 15.4. The predicted octanol–water partition coefficient (Wildman–Crippen LogP) is 2.55. The molecule has 0 aliphatic carbocycles. The number of hydrazone groups is 1. The van der Waals surface area contributed by atoms with E-state index in [-0.39, 0.29) is 5.75 Å². The highest BCUT2D eigenvalue weighted by Crippen LogP contribution is 2.20. The molecule has 3 aromatic rings. The standard InChI is InChI=1S/C14H11N5O2S/c20-10-4-1-3-9(7-10)8-15-17-14(21)16-11-5-2-6-12-13(11)19-22-18-12/h1-8,20H,(H2,16,17,21)/b15-8+. The van der Waals surface area contributed by atoms with Gasteiger partial charge >= 0.3 is 6.03 Å². The summed E-state index contributed by atoms with van der Waals surface area (Å²) in [4.78, 5) is 11.8. The number of rotatable bonds is 3. The Morgan fingerprint density at radius 3 is 2.95 bits per heavy atom. The molecule has 0 unspecified atom stereocenters. The molecule has 3 rings (SSSR count). The maximum atomic E-state index is 11.8. The van der Waals surface area contributed by atoms with Gasteiger partial charge < -0.3 is 10.4 Å². The van der Waals surface area contributed by atoms with Crippen molar-refractivity contribution in [3.63, 3.8) is 0 Å². The molecular formula is C14H11N5O2S. The first-order valence-electron chi connectivity index (χ1n) is 6.33. The summed E-state index contributed by atoms with van der Waals surface area (Å²) in [5, 5.41) is 15.8. The highest BCUT2D eigenvalue weighted by molar-refractivity contribution is 7.00. The molecule has 7 nitrogen and oxygen atoms in total. The van der Waals surface area contributed by atoms with Gasteiger partial charge in [0.1, 0.15) is 16.8 Å². The quantitative estimate of drug-likeness (QED) is 0.511. The van der Waals surface area contributed by atoms with Crippen molar-refractivity contribution in [3.05, 3.63) is 48.0 Å². The summed E-state index contributed by atoms with van der Waals surface area (Å²) in [6, 6.07) is 11.4. The third-order valence-corrected chi connectivity index (χ3v) is 3.33. The number of aromatic hydroxyl groups is 1. The zero-order valence-electron chi connectivity index (χ0n) is 11.2. The van der Waals surface area contributed by atoms with Crippen molar-refractivity contribution < 1.29 is 9.90 Å². The summed E-state index contributed by atoms with van der Waals surface area (Å²) in [6.45, 7) is 0. The Morgan fingerprint density at radius 1 is 1.23 bits per heavy atom. The molecule has 110 valence electrons. The Morgan fingerprint density at radius 2 is 2.09 bits per heavy atom. The molecule has 0 saturated heterocycles. The van der Waals surface area contributed by atoms with Crippen LogP contribution < -0.4 is 10.7 Å². The van der Waals surface area contributed by atoms with E-state index in [1.165, 1.54) is 12.3 Å². The smallest absolute Gasteiger partial charge is 0.339 e. The number of nitrogens with zero attached hydrogens (tertiary/aromatic N) is 3. The molecule has 22 heavy (non-hydrogen) atoms. The SMILES string of the molecule is O=C(N/N=C/c1cccc(O)c1)Nc1cccc2nsnc12. The minimum absolute atomic E-state index is 0.135. The summed E-state index contributed by atoms with van der Waals surface area (Å²) in [6.07, 6.45) is 1.43. The van der Waals surface area contributed by atoms with E-state index >= 15 is 0 Å². The van der Waals surface area contributed by atoms with Crippen LogP contribution in [0.3, 0.4) is 0 Å². The predicted molar refractivity (Wildman–Crippen MR) is 85.3 cm³/mol. The zero-order valence-corrected chi connectivity index (χ0v) is 12.0. The number of benzene rings is 2. The number of phenolic OH excluding ortho intramolecular Hbond substituents is 1. The number of carbonyl (C=O) groups is 1. The number of anilines is 1. The average Bonchev–Trinajstić information content (AvgIpc) is 2.97. The van der Waals surface area contributed by atoms with Gasteiger partial charge in [0.25, 0.3) is 0 Å². The van der Waals surface area contributed by atoms with Crippen LogP contribution in [0.15, 0.2) is 47.6 Å². The van der Waals surface area contributed by atoms with Crippen LogP contribution in [-0.2, 0) is 0 Å². The van der Waals surface area contributed by atoms with E-state index < -0.39 is 6.03 Å². The molecule has 3 N–H and O–H groups in total. The summed E-state index contributed by atoms with van der Waals surface area (Å²) in [5.41, 5.74) is 4.95. The van der Waals surface area contributed by atoms with Gasteiger partial charge in [-0.3, -0.25) is 0 Å². The van der Waals surface area contributed by atoms with Crippen LogP contribution in [0.2, 0.25) is 0 Å². The fourth-order valence-corrected chi connectivity index (χ4v) is 2.38. The van der Waals surface area contributed by atoms with E-state index in [0.717, 1.165) is 17.2 Å². The fourth-order valence-electron chi connectivity index (χ4n) is 1.83. The molecule has 2 amide bonds. The number of fused-ring (bicyclic) bond motifs is 1. The van der Waals surface area contributed by atoms with Gasteiger partial charge in [-0.1, -0.05) is 18.2 Å². The Balaban J connectivity index is 1.64. The lowest BCUT2D eigenvalue weighted by Gasteiger charge is -2.04. The van der Waals surface area contributed by atoms with Crippen molar-refractivity contribution in [1.82, 2.24) is 14.2 Å². The molecule has 2 aromatic carbocycles. The van der Waals surface area contributed by atoms with Crippen LogP contribution in [0.5, 0.6) is 5.75 Å². The molecule has 1 aromatic heterocycles. The van der Waals surface area contributed by atoms with E-state index in [0.29, 0.717) is 16.8 Å². The van der Waals surface area contributed by atoms with Crippen molar-refractivity contribution in [2.24, 2.45) is 5.10 Å². The molecule has 0 atom stereocenters. The van der Waals surface area contributed by atoms with Gasteiger partial charge in [-0.2, -0.15) is 13.8 Å². The minimum atomic E-state index is -0.489. The van der Waals surface area contributed by atoms with Crippen molar-refractivity contribution in [1.29, 1.82) is 0 Å². The minimum Gasteiger partial charge on any atom is -0.508 e. The van der Waals surface area contributed by atoms with E-state index in [2.05, 4.69) is 24.6 Å². The van der Waals surface area contributed by atoms with Gasteiger partial charge in [-0.05, 0) is 29.8 Å². The number of phenols is 1. The van der Waals surface area contributed by atoms with Crippen LogP contribution in [0.25, 0.3) is 11.0 Å². The molecule has 0 saturated carbocycles. The monoisotopic (exact) mass is 313 g/mol. The van der Waals surface area contributed by atoms with Gasteiger partial charge in [0.2, 0.25) is 0 Å². The van der Waals surface area contributed by atoms with E-state index in [9.17, 15) is 9.90 Å². The van der Waals surface area contributed by atoms with Crippen LogP contribution in [-0.4, -0.2) is 26.1 Å². The van der Waals surface area contributed by atoms with Gasteiger partial charge in [-0.25, -0.2) is 10.2 Å². The van der Waals surface area contributed by atoms with Crippen molar-refractivity contribution >= 4 is 40.7 Å². The molecule has 0 spiro atoms. The van der Waals surface area contributed by atoms with Crippen LogP contribution in [0.1, 0.15) is 5.56 Å². The summed E-state index contributed by atoms with van der Waals surface area (Å²) in [5.74, 6) is 0.135. The van der Waals surface area contributed by atoms with Crippen molar-refractivity contribution in [2.45, 2.75) is 0 Å². The van der Waals surface area contributed by atoms with Gasteiger partial charge in [0.05, 0.1) is 23.6 Å². The fraction of sp³-hybridized carbons (Fsp3) is 0. The van der Waals surface area contributed by atoms with Gasteiger partial charge in [0, 0.05) is 0 Å². The molecule has 1 heterocycles. The first-order chi connectivity index (χ1) is 10.7. The maximum absolute atomic E-state index is 11.8. The Bertz CT molecular complexity index is 846. The Labute approximate surface area is 129 Å². The lowest BCUT2D eigenvalue weighted by molar-refractivity contribution is 0.252. The second-order valence-corrected chi connectivity index (χ2v) is 4.89. The first-order valence-corrected chi connectivity index (χ1v) is 7.06. The average molecular weight is 313 g/mol. The highest BCUT2D eigenvalue weighted by atomic mass is 32.1. The van der Waals surface area contributed by atoms with Crippen molar-refractivity contribution in [2.75, 3.05) is 5.32 Å².